The predicted molar refractivity (Wildman–Crippen MR) is 86.6 cm³/mol. The average Bonchev–Trinajstić information content (AvgIpc) is 3.04. The molecule has 0 saturated carbocycles. The first-order chi connectivity index (χ1) is 10.1. The summed E-state index contributed by atoms with van der Waals surface area (Å²) in [4.78, 5) is 14.6. The summed E-state index contributed by atoms with van der Waals surface area (Å²) >= 11 is 1.64. The lowest BCUT2D eigenvalue weighted by Gasteiger charge is -2.23. The highest BCUT2D eigenvalue weighted by Crippen LogP contribution is 2.30. The Morgan fingerprint density at radius 3 is 2.76 bits per heavy atom. The number of fused-ring (bicyclic) bond motifs is 1. The zero-order chi connectivity index (χ0) is 15.0. The maximum atomic E-state index is 4.58. The first-order valence-corrected chi connectivity index (χ1v) is 7.90. The largest absolute Gasteiger partial charge is 0.359 e. The van der Waals surface area contributed by atoms with Crippen molar-refractivity contribution >= 4 is 27.4 Å². The van der Waals surface area contributed by atoms with Crippen molar-refractivity contribution in [2.75, 3.05) is 5.32 Å². The lowest BCUT2D eigenvalue weighted by molar-refractivity contribution is 0.507. The molecule has 0 amide bonds. The van der Waals surface area contributed by atoms with Crippen LogP contribution >= 0.6 is 11.3 Å². The molecule has 110 valence electrons. The second-order valence-electron chi connectivity index (χ2n) is 5.52. The van der Waals surface area contributed by atoms with Gasteiger partial charge < -0.3 is 9.88 Å². The highest BCUT2D eigenvalue weighted by atomic mass is 32.1. The molecule has 5 nitrogen and oxygen atoms in total. The van der Waals surface area contributed by atoms with Crippen LogP contribution in [0, 0.1) is 12.8 Å². The molecule has 0 aliphatic heterocycles. The summed E-state index contributed by atoms with van der Waals surface area (Å²) in [7, 11) is 2.02. The van der Waals surface area contributed by atoms with Gasteiger partial charge in [-0.25, -0.2) is 15.0 Å². The SMILES string of the molecule is Cc1nc(NC(c2nccn2C)C(C)C)c2ccsc2n1. The minimum absolute atomic E-state index is 0.113. The first kappa shape index (κ1) is 14.0. The molecule has 3 heterocycles. The summed E-state index contributed by atoms with van der Waals surface area (Å²) in [6.07, 6.45) is 3.80. The number of hydrogen-bond donors (Lipinski definition) is 1. The summed E-state index contributed by atoms with van der Waals surface area (Å²) in [5.74, 6) is 3.09. The van der Waals surface area contributed by atoms with E-state index in [4.69, 9.17) is 0 Å². The normalized spacial score (nSPS) is 13.0. The maximum absolute atomic E-state index is 4.58. The molecule has 0 aromatic carbocycles. The van der Waals surface area contributed by atoms with Crippen LogP contribution in [-0.2, 0) is 7.05 Å². The molecule has 0 bridgehead atoms. The fraction of sp³-hybridized carbons (Fsp3) is 0.400. The summed E-state index contributed by atoms with van der Waals surface area (Å²) < 4.78 is 2.05. The van der Waals surface area contributed by atoms with Crippen molar-refractivity contribution in [3.05, 3.63) is 35.5 Å². The van der Waals surface area contributed by atoms with Crippen LogP contribution in [0.5, 0.6) is 0 Å². The average molecular weight is 301 g/mol. The third-order valence-corrected chi connectivity index (χ3v) is 4.34. The van der Waals surface area contributed by atoms with Crippen molar-refractivity contribution < 1.29 is 0 Å². The van der Waals surface area contributed by atoms with Gasteiger partial charge in [0.15, 0.2) is 0 Å². The third-order valence-electron chi connectivity index (χ3n) is 3.53. The van der Waals surface area contributed by atoms with E-state index in [0.717, 1.165) is 27.7 Å². The van der Waals surface area contributed by atoms with Crippen LogP contribution in [0.15, 0.2) is 23.8 Å². The van der Waals surface area contributed by atoms with Crippen LogP contribution in [0.2, 0.25) is 0 Å². The monoisotopic (exact) mass is 301 g/mol. The van der Waals surface area contributed by atoms with E-state index in [-0.39, 0.29) is 6.04 Å². The second kappa shape index (κ2) is 5.44. The molecular weight excluding hydrogens is 282 g/mol. The van der Waals surface area contributed by atoms with Gasteiger partial charge in [0, 0.05) is 19.4 Å². The highest BCUT2D eigenvalue weighted by molar-refractivity contribution is 7.16. The van der Waals surface area contributed by atoms with Crippen molar-refractivity contribution in [1.29, 1.82) is 0 Å². The van der Waals surface area contributed by atoms with E-state index < -0.39 is 0 Å². The molecule has 0 aliphatic carbocycles. The lowest BCUT2D eigenvalue weighted by atomic mass is 10.0. The molecule has 3 aromatic rings. The number of aromatic nitrogens is 4. The van der Waals surface area contributed by atoms with Crippen molar-refractivity contribution in [2.24, 2.45) is 13.0 Å². The van der Waals surface area contributed by atoms with Gasteiger partial charge >= 0.3 is 0 Å². The molecule has 1 atom stereocenters. The molecule has 0 spiro atoms. The molecule has 21 heavy (non-hydrogen) atoms. The van der Waals surface area contributed by atoms with E-state index >= 15 is 0 Å². The number of hydrogen-bond acceptors (Lipinski definition) is 5. The van der Waals surface area contributed by atoms with Gasteiger partial charge in [-0.15, -0.1) is 11.3 Å². The second-order valence-corrected chi connectivity index (χ2v) is 6.42. The summed E-state index contributed by atoms with van der Waals surface area (Å²) in [6.45, 7) is 6.30. The zero-order valence-corrected chi connectivity index (χ0v) is 13.5. The van der Waals surface area contributed by atoms with E-state index in [1.54, 1.807) is 11.3 Å². The molecule has 0 radical (unpaired) electrons. The van der Waals surface area contributed by atoms with Crippen molar-refractivity contribution in [3.63, 3.8) is 0 Å². The summed E-state index contributed by atoms with van der Waals surface area (Å²) in [5, 5.41) is 6.69. The maximum Gasteiger partial charge on any atom is 0.139 e. The van der Waals surface area contributed by atoms with E-state index in [2.05, 4.69) is 50.1 Å². The molecule has 6 heteroatoms. The Hall–Kier alpha value is -1.95. The van der Waals surface area contributed by atoms with E-state index in [1.807, 2.05) is 26.4 Å². The smallest absolute Gasteiger partial charge is 0.139 e. The van der Waals surface area contributed by atoms with Crippen molar-refractivity contribution in [1.82, 2.24) is 19.5 Å². The quantitative estimate of drug-likeness (QED) is 0.801. The van der Waals surface area contributed by atoms with Crippen LogP contribution < -0.4 is 5.32 Å². The van der Waals surface area contributed by atoms with Gasteiger partial charge in [-0.1, -0.05) is 13.8 Å². The number of aryl methyl sites for hydroxylation is 2. The van der Waals surface area contributed by atoms with Crippen LogP contribution in [0.25, 0.3) is 10.2 Å². The fourth-order valence-electron chi connectivity index (χ4n) is 2.43. The molecule has 1 N–H and O–H groups in total. The Bertz CT molecular complexity index is 758. The van der Waals surface area contributed by atoms with Crippen LogP contribution in [0.4, 0.5) is 5.82 Å². The Balaban J connectivity index is 2.02. The predicted octanol–water partition coefficient (Wildman–Crippen LogP) is 3.54. The lowest BCUT2D eigenvalue weighted by Crippen LogP contribution is -2.21. The van der Waals surface area contributed by atoms with Gasteiger partial charge in [-0.2, -0.15) is 0 Å². The number of nitrogens with one attached hydrogen (secondary N) is 1. The molecular formula is C15H19N5S. The molecule has 0 saturated heterocycles. The highest BCUT2D eigenvalue weighted by Gasteiger charge is 2.21. The molecule has 0 fully saturated rings. The zero-order valence-electron chi connectivity index (χ0n) is 12.7. The minimum atomic E-state index is 0.113. The van der Waals surface area contributed by atoms with Gasteiger partial charge in [-0.3, -0.25) is 0 Å². The Kier molecular flexibility index (Phi) is 3.63. The molecule has 1 unspecified atom stereocenters. The summed E-state index contributed by atoms with van der Waals surface area (Å²) in [5.41, 5.74) is 0. The van der Waals surface area contributed by atoms with Gasteiger partial charge in [0.25, 0.3) is 0 Å². The number of nitrogens with zero attached hydrogens (tertiary/aromatic N) is 4. The van der Waals surface area contributed by atoms with Gasteiger partial charge in [0.2, 0.25) is 0 Å². The van der Waals surface area contributed by atoms with Gasteiger partial charge in [-0.05, 0) is 24.3 Å². The van der Waals surface area contributed by atoms with Gasteiger partial charge in [0.1, 0.15) is 22.3 Å². The van der Waals surface area contributed by atoms with Crippen LogP contribution in [0.3, 0.4) is 0 Å². The Labute approximate surface area is 128 Å². The number of anilines is 1. The van der Waals surface area contributed by atoms with Crippen molar-refractivity contribution in [2.45, 2.75) is 26.8 Å². The minimum Gasteiger partial charge on any atom is -0.359 e. The van der Waals surface area contributed by atoms with Crippen LogP contribution in [-0.4, -0.2) is 19.5 Å². The Morgan fingerprint density at radius 1 is 1.29 bits per heavy atom. The Morgan fingerprint density at radius 2 is 2.10 bits per heavy atom. The van der Waals surface area contributed by atoms with E-state index in [0.29, 0.717) is 5.92 Å². The standard InChI is InChI=1S/C15H19N5S/c1-9(2)12(14-16-6-7-20(14)4)19-13-11-5-8-21-15(11)18-10(3)17-13/h5-9,12H,1-4H3,(H,17,18,19). The fourth-order valence-corrected chi connectivity index (χ4v) is 3.24. The molecule has 3 rings (SSSR count). The summed E-state index contributed by atoms with van der Waals surface area (Å²) in [6, 6.07) is 2.18. The number of imidazole rings is 1. The number of rotatable bonds is 4. The van der Waals surface area contributed by atoms with E-state index in [1.165, 1.54) is 0 Å². The third kappa shape index (κ3) is 2.63. The molecule has 0 aliphatic rings. The topological polar surface area (TPSA) is 55.6 Å². The first-order valence-electron chi connectivity index (χ1n) is 7.02. The van der Waals surface area contributed by atoms with Gasteiger partial charge in [0.05, 0.1) is 11.4 Å². The van der Waals surface area contributed by atoms with Crippen molar-refractivity contribution in [3.8, 4) is 0 Å². The van der Waals surface area contributed by atoms with E-state index in [9.17, 15) is 0 Å². The molecule has 3 aromatic heterocycles. The van der Waals surface area contributed by atoms with Crippen LogP contribution in [0.1, 0.15) is 31.5 Å². The number of thiophene rings is 1.